The van der Waals surface area contributed by atoms with Crippen LogP contribution in [0, 0.1) is 0 Å². The van der Waals surface area contributed by atoms with E-state index in [1.54, 1.807) is 24.3 Å². The van der Waals surface area contributed by atoms with E-state index in [2.05, 4.69) is 5.32 Å². The van der Waals surface area contributed by atoms with Gasteiger partial charge in [0.1, 0.15) is 30.7 Å². The SMILES string of the molecule is O=C(NCC[C@H]1O[C@H](O)[C@H](O)[C@@H](O)[C@@H]1O)c1ccc(OCc2ccccc2)cc1. The maximum atomic E-state index is 12.2. The molecule has 1 heterocycles. The van der Waals surface area contributed by atoms with Crippen molar-refractivity contribution in [3.05, 3.63) is 65.7 Å². The molecule has 1 aliphatic rings. The molecule has 8 nitrogen and oxygen atoms in total. The highest BCUT2D eigenvalue weighted by Crippen LogP contribution is 2.21. The van der Waals surface area contributed by atoms with Crippen LogP contribution >= 0.6 is 0 Å². The van der Waals surface area contributed by atoms with Crippen LogP contribution < -0.4 is 10.1 Å². The molecule has 2 aromatic carbocycles. The van der Waals surface area contributed by atoms with Gasteiger partial charge in [-0.1, -0.05) is 30.3 Å². The van der Waals surface area contributed by atoms with E-state index in [0.717, 1.165) is 5.56 Å². The number of aliphatic hydroxyl groups excluding tert-OH is 4. The topological polar surface area (TPSA) is 128 Å². The summed E-state index contributed by atoms with van der Waals surface area (Å²) in [4.78, 5) is 12.2. The van der Waals surface area contributed by atoms with Crippen LogP contribution in [0.4, 0.5) is 0 Å². The Balaban J connectivity index is 1.45. The molecule has 5 N–H and O–H groups in total. The summed E-state index contributed by atoms with van der Waals surface area (Å²) in [6.45, 7) is 0.588. The highest BCUT2D eigenvalue weighted by atomic mass is 16.6. The average molecular weight is 403 g/mol. The molecule has 2 aromatic rings. The van der Waals surface area contributed by atoms with Crippen molar-refractivity contribution < 1.29 is 34.7 Å². The van der Waals surface area contributed by atoms with Gasteiger partial charge in [-0.2, -0.15) is 0 Å². The second kappa shape index (κ2) is 9.82. The summed E-state index contributed by atoms with van der Waals surface area (Å²) < 4.78 is 10.8. The molecule has 1 saturated heterocycles. The van der Waals surface area contributed by atoms with Gasteiger partial charge in [0.15, 0.2) is 6.29 Å². The molecule has 156 valence electrons. The van der Waals surface area contributed by atoms with Crippen LogP contribution in [0.1, 0.15) is 22.3 Å². The molecule has 29 heavy (non-hydrogen) atoms. The van der Waals surface area contributed by atoms with Crippen molar-refractivity contribution in [2.45, 2.75) is 43.7 Å². The van der Waals surface area contributed by atoms with E-state index in [-0.39, 0.29) is 18.9 Å². The third-order valence-corrected chi connectivity index (χ3v) is 4.77. The number of hydrogen-bond acceptors (Lipinski definition) is 7. The number of rotatable bonds is 7. The summed E-state index contributed by atoms with van der Waals surface area (Å²) >= 11 is 0. The van der Waals surface area contributed by atoms with Crippen LogP contribution in [0.15, 0.2) is 54.6 Å². The van der Waals surface area contributed by atoms with Gasteiger partial charge in [0, 0.05) is 12.1 Å². The van der Waals surface area contributed by atoms with Crippen molar-refractivity contribution in [3.8, 4) is 5.75 Å². The molecule has 8 heteroatoms. The molecule has 5 atom stereocenters. The van der Waals surface area contributed by atoms with Crippen LogP contribution in [0.3, 0.4) is 0 Å². The Morgan fingerprint density at radius 3 is 2.31 bits per heavy atom. The number of benzene rings is 2. The van der Waals surface area contributed by atoms with Crippen molar-refractivity contribution in [2.24, 2.45) is 0 Å². The first-order chi connectivity index (χ1) is 14.0. The van der Waals surface area contributed by atoms with Gasteiger partial charge in [-0.05, 0) is 36.2 Å². The molecular weight excluding hydrogens is 378 g/mol. The summed E-state index contributed by atoms with van der Waals surface area (Å²) in [7, 11) is 0. The van der Waals surface area contributed by atoms with E-state index in [1.807, 2.05) is 30.3 Å². The molecular formula is C21H25NO7. The average Bonchev–Trinajstić information content (AvgIpc) is 2.75. The summed E-state index contributed by atoms with van der Waals surface area (Å²) in [6, 6.07) is 16.4. The largest absolute Gasteiger partial charge is 0.489 e. The van der Waals surface area contributed by atoms with Crippen LogP contribution in [-0.4, -0.2) is 63.6 Å². The predicted octanol–water partition coefficient (Wildman–Crippen LogP) is 0.185. The number of amides is 1. The number of ether oxygens (including phenoxy) is 2. The standard InChI is InChI=1S/C21H25NO7/c23-17-16(29-21(27)19(25)18(17)24)10-11-22-20(26)14-6-8-15(9-7-14)28-12-13-4-2-1-3-5-13/h1-9,16-19,21,23-25,27H,10-12H2,(H,22,26)/t16-,17-,18+,19-,21+/m1/s1. The molecule has 1 aliphatic heterocycles. The maximum Gasteiger partial charge on any atom is 0.251 e. The third kappa shape index (κ3) is 5.53. The van der Waals surface area contributed by atoms with Gasteiger partial charge in [-0.15, -0.1) is 0 Å². The zero-order valence-corrected chi connectivity index (χ0v) is 15.7. The molecule has 0 aromatic heterocycles. The molecule has 3 rings (SSSR count). The molecule has 1 amide bonds. The lowest BCUT2D eigenvalue weighted by Crippen LogP contribution is -2.57. The molecule has 0 bridgehead atoms. The Labute approximate surface area is 168 Å². The van der Waals surface area contributed by atoms with Gasteiger partial charge in [0.05, 0.1) is 6.10 Å². The Hall–Kier alpha value is -2.49. The van der Waals surface area contributed by atoms with Crippen molar-refractivity contribution in [1.82, 2.24) is 5.32 Å². The van der Waals surface area contributed by atoms with Gasteiger partial charge in [-0.3, -0.25) is 4.79 Å². The van der Waals surface area contributed by atoms with Crippen LogP contribution in [0.2, 0.25) is 0 Å². The van der Waals surface area contributed by atoms with E-state index in [1.165, 1.54) is 0 Å². The number of carbonyl (C=O) groups is 1. The molecule has 0 saturated carbocycles. The van der Waals surface area contributed by atoms with Gasteiger partial charge in [-0.25, -0.2) is 0 Å². The van der Waals surface area contributed by atoms with E-state index in [4.69, 9.17) is 9.47 Å². The van der Waals surface area contributed by atoms with Crippen LogP contribution in [0.5, 0.6) is 5.75 Å². The van der Waals surface area contributed by atoms with Gasteiger partial charge < -0.3 is 35.2 Å². The van der Waals surface area contributed by atoms with Crippen molar-refractivity contribution in [3.63, 3.8) is 0 Å². The van der Waals surface area contributed by atoms with Gasteiger partial charge in [0.25, 0.3) is 5.91 Å². The number of hydrogen-bond donors (Lipinski definition) is 5. The molecule has 0 unspecified atom stereocenters. The van der Waals surface area contributed by atoms with Crippen LogP contribution in [-0.2, 0) is 11.3 Å². The summed E-state index contributed by atoms with van der Waals surface area (Å²) in [5.74, 6) is 0.330. The number of aliphatic hydroxyl groups is 4. The summed E-state index contributed by atoms with van der Waals surface area (Å²) in [5, 5.41) is 41.2. The smallest absolute Gasteiger partial charge is 0.251 e. The van der Waals surface area contributed by atoms with E-state index < -0.39 is 30.7 Å². The molecule has 1 fully saturated rings. The van der Waals surface area contributed by atoms with Crippen LogP contribution in [0.25, 0.3) is 0 Å². The first-order valence-corrected chi connectivity index (χ1v) is 9.38. The zero-order chi connectivity index (χ0) is 20.8. The lowest BCUT2D eigenvalue weighted by molar-refractivity contribution is -0.282. The minimum Gasteiger partial charge on any atom is -0.489 e. The first-order valence-electron chi connectivity index (χ1n) is 9.38. The normalized spacial score (nSPS) is 26.7. The minimum atomic E-state index is -1.59. The number of nitrogens with one attached hydrogen (secondary N) is 1. The fourth-order valence-electron chi connectivity index (χ4n) is 3.04. The zero-order valence-electron chi connectivity index (χ0n) is 15.7. The quantitative estimate of drug-likeness (QED) is 0.446. The lowest BCUT2D eigenvalue weighted by atomic mass is 9.97. The maximum absolute atomic E-state index is 12.2. The second-order valence-electron chi connectivity index (χ2n) is 6.88. The van der Waals surface area contributed by atoms with E-state index in [0.29, 0.717) is 17.9 Å². The summed E-state index contributed by atoms with van der Waals surface area (Å²) in [6.07, 6.45) is -6.77. The Morgan fingerprint density at radius 1 is 0.931 bits per heavy atom. The fraction of sp³-hybridized carbons (Fsp3) is 0.381. The van der Waals surface area contributed by atoms with Crippen molar-refractivity contribution in [1.29, 1.82) is 0 Å². The lowest BCUT2D eigenvalue weighted by Gasteiger charge is -2.38. The Kier molecular flexibility index (Phi) is 7.18. The second-order valence-corrected chi connectivity index (χ2v) is 6.88. The third-order valence-electron chi connectivity index (χ3n) is 4.77. The molecule has 0 aliphatic carbocycles. The molecule has 0 spiro atoms. The highest BCUT2D eigenvalue weighted by Gasteiger charge is 2.42. The predicted molar refractivity (Wildman–Crippen MR) is 103 cm³/mol. The summed E-state index contributed by atoms with van der Waals surface area (Å²) in [5.41, 5.74) is 1.49. The highest BCUT2D eigenvalue weighted by molar-refractivity contribution is 5.94. The molecule has 0 radical (unpaired) electrons. The van der Waals surface area contributed by atoms with E-state index >= 15 is 0 Å². The monoisotopic (exact) mass is 403 g/mol. The van der Waals surface area contributed by atoms with Crippen molar-refractivity contribution >= 4 is 5.91 Å². The Bertz CT molecular complexity index is 783. The number of carbonyl (C=O) groups excluding carboxylic acids is 1. The van der Waals surface area contributed by atoms with E-state index in [9.17, 15) is 25.2 Å². The Morgan fingerprint density at radius 2 is 1.62 bits per heavy atom. The van der Waals surface area contributed by atoms with Gasteiger partial charge >= 0.3 is 0 Å². The van der Waals surface area contributed by atoms with Gasteiger partial charge in [0.2, 0.25) is 0 Å². The van der Waals surface area contributed by atoms with Crippen molar-refractivity contribution in [2.75, 3.05) is 6.54 Å². The first kappa shape index (κ1) is 21.2. The fourth-order valence-corrected chi connectivity index (χ4v) is 3.04. The minimum absolute atomic E-state index is 0.155.